The van der Waals surface area contributed by atoms with Crippen LogP contribution in [0.3, 0.4) is 0 Å². The normalized spacial score (nSPS) is 18.7. The molecule has 1 aliphatic rings. The molecule has 0 aliphatic carbocycles. The highest BCUT2D eigenvalue weighted by atomic mass is 32.2. The predicted octanol–water partition coefficient (Wildman–Crippen LogP) is 3.13. The Morgan fingerprint density at radius 2 is 1.88 bits per heavy atom. The topological polar surface area (TPSA) is 93.4 Å². The molecular weight excluding hydrogens is 455 g/mol. The quantitative estimate of drug-likeness (QED) is 0.504. The lowest BCUT2D eigenvalue weighted by Crippen LogP contribution is -2.55. The Morgan fingerprint density at radius 3 is 2.52 bits per heavy atom. The minimum Gasteiger partial charge on any atom is -0.379 e. The number of benzene rings is 2. The molecule has 2 atom stereocenters. The lowest BCUT2D eigenvalue weighted by atomic mass is 9.99. The van der Waals surface area contributed by atoms with E-state index < -0.39 is 23.6 Å². The number of halogens is 3. The molecule has 3 rings (SSSR count). The van der Waals surface area contributed by atoms with Crippen LogP contribution in [0, 0.1) is 0 Å². The minimum absolute atomic E-state index is 0.0360. The first-order chi connectivity index (χ1) is 15.7. The summed E-state index contributed by atoms with van der Waals surface area (Å²) in [5, 5.41) is 6.33. The first-order valence-electron chi connectivity index (χ1n) is 10.4. The average Bonchev–Trinajstić information content (AvgIpc) is 2.78. The third-order valence-corrected chi connectivity index (χ3v) is 6.23. The van der Waals surface area contributed by atoms with Crippen molar-refractivity contribution < 1.29 is 27.5 Å². The molecule has 2 aromatic carbocycles. The van der Waals surface area contributed by atoms with Gasteiger partial charge in [0.2, 0.25) is 11.8 Å². The average molecular weight is 482 g/mol. The number of amides is 2. The Labute approximate surface area is 194 Å². The summed E-state index contributed by atoms with van der Waals surface area (Å²) in [7, 11) is 0. The Bertz CT molecular complexity index is 983. The molecule has 178 valence electrons. The van der Waals surface area contributed by atoms with Crippen molar-refractivity contribution in [3.05, 3.63) is 64.7 Å². The number of nitrogens with two attached hydrogens (primary N) is 1. The molecule has 2 amide bonds. The van der Waals surface area contributed by atoms with E-state index in [4.69, 9.17) is 10.5 Å². The number of nitrogens with one attached hydrogen (secondary N) is 2. The van der Waals surface area contributed by atoms with Crippen molar-refractivity contribution >= 4 is 23.6 Å². The molecule has 0 saturated carbocycles. The minimum atomic E-state index is -4.61. The second-order valence-electron chi connectivity index (χ2n) is 7.78. The van der Waals surface area contributed by atoms with Gasteiger partial charge in [0.15, 0.2) is 0 Å². The van der Waals surface area contributed by atoms with Crippen LogP contribution in [0.5, 0.6) is 0 Å². The molecule has 1 fully saturated rings. The summed E-state index contributed by atoms with van der Waals surface area (Å²) in [6, 6.07) is 10.5. The zero-order valence-electron chi connectivity index (χ0n) is 18.1. The number of carbonyl (C=O) groups is 2. The van der Waals surface area contributed by atoms with E-state index in [0.29, 0.717) is 32.2 Å². The van der Waals surface area contributed by atoms with Crippen LogP contribution in [-0.2, 0) is 28.7 Å². The first-order valence-corrected chi connectivity index (χ1v) is 11.6. The zero-order valence-corrected chi connectivity index (χ0v) is 18.9. The van der Waals surface area contributed by atoms with E-state index in [1.165, 1.54) is 4.90 Å². The smallest absolute Gasteiger partial charge is 0.379 e. The second kappa shape index (κ2) is 11.0. The second-order valence-corrected chi connectivity index (χ2v) is 8.66. The predicted molar refractivity (Wildman–Crippen MR) is 120 cm³/mol. The molecule has 10 heteroatoms. The van der Waals surface area contributed by atoms with Gasteiger partial charge in [-0.1, -0.05) is 18.2 Å². The van der Waals surface area contributed by atoms with Gasteiger partial charge in [-0.15, -0.1) is 11.8 Å². The molecule has 0 bridgehead atoms. The maximum absolute atomic E-state index is 13.0. The van der Waals surface area contributed by atoms with Gasteiger partial charge in [0, 0.05) is 29.7 Å². The van der Waals surface area contributed by atoms with E-state index >= 15 is 0 Å². The van der Waals surface area contributed by atoms with E-state index in [1.807, 2.05) is 30.5 Å². The summed E-state index contributed by atoms with van der Waals surface area (Å²) in [6.45, 7) is 1.49. The van der Waals surface area contributed by atoms with Gasteiger partial charge in [-0.05, 0) is 48.1 Å². The summed E-state index contributed by atoms with van der Waals surface area (Å²) in [6.07, 6.45) is -2.17. The highest BCUT2D eigenvalue weighted by Gasteiger charge is 2.32. The van der Waals surface area contributed by atoms with E-state index in [9.17, 15) is 22.8 Å². The summed E-state index contributed by atoms with van der Waals surface area (Å²) >= 11 is 1.67. The fraction of sp³-hybridized carbons (Fsp3) is 0.391. The highest BCUT2D eigenvalue weighted by Crippen LogP contribution is 2.30. The van der Waals surface area contributed by atoms with Gasteiger partial charge >= 0.3 is 6.18 Å². The number of hydrogen-bond donors (Lipinski definition) is 3. The van der Waals surface area contributed by atoms with Crippen LogP contribution in [0.4, 0.5) is 13.2 Å². The summed E-state index contributed by atoms with van der Waals surface area (Å²) < 4.78 is 44.4. The Kier molecular flexibility index (Phi) is 8.39. The fourth-order valence-corrected chi connectivity index (χ4v) is 4.09. The molecule has 1 aliphatic heterocycles. The molecule has 0 aromatic heterocycles. The monoisotopic (exact) mass is 481 g/mol. The number of ether oxygens (including phenoxy) is 1. The van der Waals surface area contributed by atoms with Crippen LogP contribution in [0.15, 0.2) is 47.4 Å². The number of hydrogen-bond acceptors (Lipinski definition) is 5. The van der Waals surface area contributed by atoms with Crippen molar-refractivity contribution in [1.82, 2.24) is 10.6 Å². The summed E-state index contributed by atoms with van der Waals surface area (Å²) in [5.74, 6) is -1.44. The molecule has 4 N–H and O–H groups in total. The van der Waals surface area contributed by atoms with Gasteiger partial charge in [-0.3, -0.25) is 9.59 Å². The molecule has 0 spiro atoms. The van der Waals surface area contributed by atoms with E-state index in [2.05, 4.69) is 10.6 Å². The molecule has 0 unspecified atom stereocenters. The SMILES string of the molecule is CSc1ccc(CN[C@H]2CCOC[C@H]2NC(=O)Cc2ccc(C(F)(F)F)cc2C(N)=O)cc1. The van der Waals surface area contributed by atoms with Crippen LogP contribution in [0.2, 0.25) is 0 Å². The van der Waals surface area contributed by atoms with Gasteiger partial charge in [0.25, 0.3) is 0 Å². The van der Waals surface area contributed by atoms with Gasteiger partial charge < -0.3 is 21.1 Å². The zero-order chi connectivity index (χ0) is 24.0. The third-order valence-electron chi connectivity index (χ3n) is 5.48. The van der Waals surface area contributed by atoms with Crippen LogP contribution < -0.4 is 16.4 Å². The van der Waals surface area contributed by atoms with Crippen molar-refractivity contribution in [3.63, 3.8) is 0 Å². The number of carbonyl (C=O) groups excluding carboxylic acids is 2. The molecule has 1 heterocycles. The first kappa shape index (κ1) is 25.1. The molecule has 2 aromatic rings. The Morgan fingerprint density at radius 1 is 1.15 bits per heavy atom. The summed E-state index contributed by atoms with van der Waals surface area (Å²) in [4.78, 5) is 25.5. The standard InChI is InChI=1S/C23H26F3N3O3S/c1-33-17-6-2-14(3-7-17)12-28-19-8-9-32-13-20(19)29-21(30)10-15-4-5-16(23(24,25)26)11-18(15)22(27)31/h2-7,11,19-20,28H,8-10,12-13H2,1H3,(H2,27,31)(H,29,30)/t19-,20+/m0/s1. The lowest BCUT2D eigenvalue weighted by Gasteiger charge is -2.33. The van der Waals surface area contributed by atoms with Crippen molar-refractivity contribution in [2.45, 2.75) is 42.5 Å². The van der Waals surface area contributed by atoms with Crippen molar-refractivity contribution in [1.29, 1.82) is 0 Å². The van der Waals surface area contributed by atoms with E-state index in [0.717, 1.165) is 17.7 Å². The molecular formula is C23H26F3N3O3S. The number of thioether (sulfide) groups is 1. The van der Waals surface area contributed by atoms with E-state index in [-0.39, 0.29) is 29.6 Å². The van der Waals surface area contributed by atoms with Gasteiger partial charge in [0.05, 0.1) is 24.6 Å². The fourth-order valence-electron chi connectivity index (χ4n) is 3.68. The van der Waals surface area contributed by atoms with E-state index in [1.54, 1.807) is 11.8 Å². The third kappa shape index (κ3) is 6.96. The van der Waals surface area contributed by atoms with Crippen LogP contribution in [0.1, 0.15) is 33.5 Å². The van der Waals surface area contributed by atoms with Crippen molar-refractivity contribution in [3.8, 4) is 0 Å². The van der Waals surface area contributed by atoms with Gasteiger partial charge in [-0.25, -0.2) is 0 Å². The molecule has 0 radical (unpaired) electrons. The maximum Gasteiger partial charge on any atom is 0.416 e. The summed E-state index contributed by atoms with van der Waals surface area (Å²) in [5.41, 5.74) is 5.20. The number of primary amides is 1. The van der Waals surface area contributed by atoms with Crippen molar-refractivity contribution in [2.75, 3.05) is 19.5 Å². The van der Waals surface area contributed by atoms with Crippen LogP contribution in [-0.4, -0.2) is 43.4 Å². The van der Waals surface area contributed by atoms with Crippen LogP contribution in [0.25, 0.3) is 0 Å². The molecule has 1 saturated heterocycles. The molecule has 33 heavy (non-hydrogen) atoms. The van der Waals surface area contributed by atoms with Gasteiger partial charge in [0.1, 0.15) is 0 Å². The number of rotatable bonds is 8. The number of alkyl halides is 3. The maximum atomic E-state index is 13.0. The highest BCUT2D eigenvalue weighted by molar-refractivity contribution is 7.98. The Balaban J connectivity index is 1.63. The largest absolute Gasteiger partial charge is 0.416 e. The Hall–Kier alpha value is -2.56. The van der Waals surface area contributed by atoms with Crippen molar-refractivity contribution in [2.24, 2.45) is 5.73 Å². The van der Waals surface area contributed by atoms with Crippen LogP contribution >= 0.6 is 11.8 Å². The van der Waals surface area contributed by atoms with Gasteiger partial charge in [-0.2, -0.15) is 13.2 Å². The molecule has 6 nitrogen and oxygen atoms in total. The lowest BCUT2D eigenvalue weighted by molar-refractivity contribution is -0.137.